The second-order valence-corrected chi connectivity index (χ2v) is 45.6. The van der Waals surface area contributed by atoms with Crippen LogP contribution in [0.2, 0.25) is 0 Å². The van der Waals surface area contributed by atoms with E-state index in [1.165, 1.54) is 0 Å². The maximum atomic E-state index is 12.8. The Labute approximate surface area is 223 Å². The van der Waals surface area contributed by atoms with Crippen LogP contribution >= 0.6 is 30.1 Å². The molecule has 0 aliphatic rings. The number of ether oxygens (including phenoxy) is 3. The summed E-state index contributed by atoms with van der Waals surface area (Å²) in [4.78, 5) is 47.1. The minimum atomic E-state index is -2.10. The molecule has 0 bridgehead atoms. The summed E-state index contributed by atoms with van der Waals surface area (Å²) in [6.45, 7) is 14.4. The number of carbonyl (C=O) groups is 3. The van der Waals surface area contributed by atoms with Crippen LogP contribution in [0.25, 0.3) is 0 Å². The van der Waals surface area contributed by atoms with Gasteiger partial charge in [0.25, 0.3) is 0 Å². The van der Waals surface area contributed by atoms with Crippen molar-refractivity contribution >= 4 is 53.9 Å². The Kier molecular flexibility index (Phi) is 11.8. The first kappa shape index (κ1) is 32.7. The second kappa shape index (κ2) is 13.0. The Bertz CT molecular complexity index is 1020. The average molecular weight is 734 g/mol. The molecule has 0 fully saturated rings. The van der Waals surface area contributed by atoms with Gasteiger partial charge in [0, 0.05) is 0 Å². The van der Waals surface area contributed by atoms with E-state index in [1.807, 2.05) is 19.9 Å². The Hall–Kier alpha value is -1.31. The monoisotopic (exact) mass is 734 g/mol. The second-order valence-electron chi connectivity index (χ2n) is 10.9. The van der Waals surface area contributed by atoms with Crippen LogP contribution in [0.1, 0.15) is 65.5 Å². The van der Waals surface area contributed by atoms with Gasteiger partial charge in [-0.15, -0.1) is 0 Å². The first-order chi connectivity index (χ1) is 16.2. The number of carbonyl (C=O) groups excluding carboxylic acids is 3. The molecule has 0 spiro atoms. The molecule has 1 aromatic rings. The van der Waals surface area contributed by atoms with E-state index >= 15 is 0 Å². The summed E-state index contributed by atoms with van der Waals surface area (Å²) < 4.78 is 21.5. The van der Waals surface area contributed by atoms with Crippen molar-refractivity contribution in [2.24, 2.45) is 3.15 Å². The summed E-state index contributed by atoms with van der Waals surface area (Å²) in [5.74, 6) is -0.710. The van der Waals surface area contributed by atoms with Gasteiger partial charge in [-0.1, -0.05) is 0 Å². The Balaban J connectivity index is 3.06. The number of rotatable bonds is 8. The average Bonchev–Trinajstić information content (AvgIpc) is 2.68. The van der Waals surface area contributed by atoms with Crippen LogP contribution in [-0.2, 0) is 19.1 Å². The van der Waals surface area contributed by atoms with E-state index < -0.39 is 65.4 Å². The third-order valence-electron chi connectivity index (χ3n) is 4.94. The van der Waals surface area contributed by atoms with Crippen LogP contribution in [-0.4, -0.2) is 55.0 Å². The molecule has 0 aromatic heterocycles. The summed E-state index contributed by atoms with van der Waals surface area (Å²) in [6, 6.07) is 2.57. The van der Waals surface area contributed by atoms with Crippen molar-refractivity contribution < 1.29 is 28.6 Å². The number of nitrogens with one attached hydrogen (secondary N) is 1. The first-order valence-electron chi connectivity index (χ1n) is 11.6. The van der Waals surface area contributed by atoms with Gasteiger partial charge >= 0.3 is 168 Å². The number of hydrogen-bond donors (Lipinski definition) is 1. The van der Waals surface area contributed by atoms with Crippen LogP contribution in [0.4, 0.5) is 10.5 Å². The summed E-state index contributed by atoms with van der Waals surface area (Å²) >= 11 is -3.13. The first-order valence-corrected chi connectivity index (χ1v) is 27.5. The van der Waals surface area contributed by atoms with E-state index in [0.29, 0.717) is 5.75 Å². The number of halogens is 2. The van der Waals surface area contributed by atoms with E-state index in [0.717, 1.165) is 16.8 Å². The molecule has 1 amide bonds. The molecule has 0 aliphatic carbocycles. The van der Waals surface area contributed by atoms with Crippen molar-refractivity contribution in [1.29, 1.82) is 0 Å². The van der Waals surface area contributed by atoms with Crippen molar-refractivity contribution in [3.05, 3.63) is 23.3 Å². The van der Waals surface area contributed by atoms with Gasteiger partial charge in [0.15, 0.2) is 0 Å². The molecule has 0 aliphatic heterocycles. The van der Waals surface area contributed by atoms with E-state index in [4.69, 9.17) is 17.4 Å². The Morgan fingerprint density at radius 1 is 0.972 bits per heavy atom. The third kappa shape index (κ3) is 11.4. The summed E-state index contributed by atoms with van der Waals surface area (Å²) in [5.41, 5.74) is 1.35. The van der Waals surface area contributed by atoms with Gasteiger partial charge in [0.1, 0.15) is 5.60 Å². The molecular weight excluding hydrogens is 690 g/mol. The molecule has 0 radical (unpaired) electrons. The van der Waals surface area contributed by atoms with Crippen LogP contribution in [0.15, 0.2) is 15.3 Å². The summed E-state index contributed by atoms with van der Waals surface area (Å²) in [7, 11) is 0. The zero-order valence-electron chi connectivity index (χ0n) is 23.8. The van der Waals surface area contributed by atoms with Crippen molar-refractivity contribution in [1.82, 2.24) is 5.32 Å². The van der Waals surface area contributed by atoms with Crippen molar-refractivity contribution in [3.8, 4) is 5.75 Å². The predicted molar refractivity (Wildman–Crippen MR) is 164 cm³/mol. The van der Waals surface area contributed by atoms with Crippen molar-refractivity contribution in [2.45, 2.75) is 85.5 Å². The number of benzene rings is 1. The van der Waals surface area contributed by atoms with Gasteiger partial charge in [-0.05, 0) is 41.5 Å². The molecule has 8 nitrogen and oxygen atoms in total. The SMILES string of the molecule is Cc1c(N=I(C)(C)I(C)C)ccc(OC(=O)NC(CCC(=O)OC(C)(C)C)C(=O)OC(C)(C)C)c1C. The number of nitrogens with zero attached hydrogens (tertiary/aromatic N) is 1. The van der Waals surface area contributed by atoms with Gasteiger partial charge in [0.05, 0.1) is 0 Å². The van der Waals surface area contributed by atoms with Crippen molar-refractivity contribution in [3.63, 3.8) is 0 Å². The van der Waals surface area contributed by atoms with E-state index in [-0.39, 0.29) is 12.8 Å². The summed E-state index contributed by atoms with van der Waals surface area (Å²) in [5, 5.41) is 2.57. The normalized spacial score (nSPS) is 13.8. The van der Waals surface area contributed by atoms with Crippen LogP contribution in [0.5, 0.6) is 5.75 Å². The Morgan fingerprint density at radius 2 is 1.53 bits per heavy atom. The molecule has 1 atom stereocenters. The van der Waals surface area contributed by atoms with Gasteiger partial charge in [-0.3, -0.25) is 4.79 Å². The molecule has 0 heterocycles. The third-order valence-corrected chi connectivity index (χ3v) is 38.6. The quantitative estimate of drug-likeness (QED) is 0.175. The molecule has 36 heavy (non-hydrogen) atoms. The van der Waals surface area contributed by atoms with Gasteiger partial charge in [0.2, 0.25) is 0 Å². The molecule has 10 heteroatoms. The fraction of sp³-hybridized carbons (Fsp3) is 0.654. The predicted octanol–water partition coefficient (Wildman–Crippen LogP) is 7.02. The fourth-order valence-corrected chi connectivity index (χ4v) is 8.70. The van der Waals surface area contributed by atoms with Gasteiger partial charge < -0.3 is 4.74 Å². The maximum absolute atomic E-state index is 12.8. The molecule has 1 unspecified atom stereocenters. The molecular formula is C26H44I2N2O6. The van der Waals surface area contributed by atoms with Crippen LogP contribution in [0.3, 0.4) is 0 Å². The van der Waals surface area contributed by atoms with Gasteiger partial charge in [-0.2, -0.15) is 0 Å². The molecule has 1 rings (SSSR count). The minimum absolute atomic E-state index is 0.0232. The number of esters is 2. The molecule has 0 saturated heterocycles. The number of hydrogen-bond acceptors (Lipinski definition) is 7. The molecule has 1 N–H and O–H groups in total. The van der Waals surface area contributed by atoms with Crippen LogP contribution < -0.4 is 10.1 Å². The Morgan fingerprint density at radius 3 is 2.03 bits per heavy atom. The van der Waals surface area contributed by atoms with E-state index in [2.05, 4.69) is 25.0 Å². The summed E-state index contributed by atoms with van der Waals surface area (Å²) in [6.07, 6.45) is -0.832. The topological polar surface area (TPSA) is 103 Å². The number of alkyl halides is 4. The zero-order chi connectivity index (χ0) is 28.1. The zero-order valence-corrected chi connectivity index (χ0v) is 28.1. The number of amides is 1. The molecule has 1 aromatic carbocycles. The van der Waals surface area contributed by atoms with Crippen molar-refractivity contribution in [2.75, 3.05) is 19.7 Å². The standard InChI is InChI=1S/C26H44I2N2O6/c1-17-18(2)21(15-13-19(17)30-28(11,12)27(9)10)34-24(33)29-20(23(32)36-26(6,7)8)14-16-22(31)35-25(3,4)5/h13,15,20H,14,16H2,1-12H3,(H,29,33). The molecule has 208 valence electrons. The van der Waals surface area contributed by atoms with E-state index in [1.54, 1.807) is 47.6 Å². The van der Waals surface area contributed by atoms with Crippen LogP contribution in [0, 0.1) is 13.8 Å². The van der Waals surface area contributed by atoms with E-state index in [9.17, 15) is 14.4 Å². The molecule has 0 saturated carbocycles. The fourth-order valence-electron chi connectivity index (χ4n) is 2.81. The van der Waals surface area contributed by atoms with Gasteiger partial charge in [-0.25, -0.2) is 0 Å².